The first-order valence-corrected chi connectivity index (χ1v) is 11.7. The molecule has 1 N–H and O–H groups in total. The predicted molar refractivity (Wildman–Crippen MR) is 126 cm³/mol. The van der Waals surface area contributed by atoms with E-state index in [0.717, 1.165) is 48.7 Å². The molecule has 0 aromatic heterocycles. The van der Waals surface area contributed by atoms with Gasteiger partial charge in [-0.15, -0.1) is 0 Å². The molecule has 0 saturated carbocycles. The van der Waals surface area contributed by atoms with Gasteiger partial charge in [0.05, 0.1) is 18.3 Å². The van der Waals surface area contributed by atoms with Gasteiger partial charge in [-0.3, -0.25) is 4.79 Å². The highest BCUT2D eigenvalue weighted by atomic mass is 35.5. The van der Waals surface area contributed by atoms with Gasteiger partial charge in [0.25, 0.3) is 0 Å². The number of carbonyl (C=O) groups excluding carboxylic acids is 2. The lowest BCUT2D eigenvalue weighted by atomic mass is 9.89. The number of nitrogens with zero attached hydrogens (tertiary/aromatic N) is 2. The first kappa shape index (κ1) is 22.6. The molecule has 1 atom stereocenters. The second-order valence-corrected chi connectivity index (χ2v) is 8.96. The average molecular weight is 456 g/mol. The minimum absolute atomic E-state index is 0.149. The van der Waals surface area contributed by atoms with Crippen molar-refractivity contribution in [3.63, 3.8) is 0 Å². The van der Waals surface area contributed by atoms with E-state index in [0.29, 0.717) is 31.2 Å². The summed E-state index contributed by atoms with van der Waals surface area (Å²) in [5, 5.41) is 3.81. The topological polar surface area (TPSA) is 61.9 Å². The summed E-state index contributed by atoms with van der Waals surface area (Å²) in [5.74, 6) is 1.28. The van der Waals surface area contributed by atoms with E-state index in [-0.39, 0.29) is 18.0 Å². The Balaban J connectivity index is 1.27. The Kier molecular flexibility index (Phi) is 7.33. The molecule has 4 rings (SSSR count). The molecule has 2 aromatic carbocycles. The molecule has 170 valence electrons. The van der Waals surface area contributed by atoms with Crippen LogP contribution in [0.5, 0.6) is 5.75 Å². The zero-order valence-corrected chi connectivity index (χ0v) is 19.2. The van der Waals surface area contributed by atoms with Gasteiger partial charge < -0.3 is 15.0 Å². The van der Waals surface area contributed by atoms with Crippen LogP contribution in [-0.2, 0) is 11.2 Å². The van der Waals surface area contributed by atoms with E-state index in [1.165, 1.54) is 4.90 Å². The molecule has 0 radical (unpaired) electrons. The van der Waals surface area contributed by atoms with E-state index in [9.17, 15) is 9.59 Å². The maximum absolute atomic E-state index is 12.6. The van der Waals surface area contributed by atoms with Gasteiger partial charge in [-0.25, -0.2) is 9.69 Å². The number of hydrogen-bond acceptors (Lipinski definition) is 4. The number of rotatable bonds is 7. The number of nitrogens with one attached hydrogen (secondary N) is 1. The third-order valence-corrected chi connectivity index (χ3v) is 6.61. The van der Waals surface area contributed by atoms with Crippen molar-refractivity contribution in [1.29, 1.82) is 0 Å². The SMILES string of the molecule is CCOc1ccc(Cl)c(CC2CCN(CC3CC(=O)N(c4ccccc4)C(=O)N3)CC2)c1. The van der Waals surface area contributed by atoms with Crippen molar-refractivity contribution in [1.82, 2.24) is 10.2 Å². The first-order valence-electron chi connectivity index (χ1n) is 11.4. The lowest BCUT2D eigenvalue weighted by molar-refractivity contribution is -0.119. The third kappa shape index (κ3) is 5.43. The monoisotopic (exact) mass is 455 g/mol. The Labute approximate surface area is 194 Å². The molecule has 1 unspecified atom stereocenters. The van der Waals surface area contributed by atoms with Crippen LogP contribution in [0.3, 0.4) is 0 Å². The van der Waals surface area contributed by atoms with Gasteiger partial charge in [-0.05, 0) is 81.1 Å². The minimum Gasteiger partial charge on any atom is -0.494 e. The lowest BCUT2D eigenvalue weighted by Gasteiger charge is -2.37. The van der Waals surface area contributed by atoms with Gasteiger partial charge in [0.2, 0.25) is 5.91 Å². The van der Waals surface area contributed by atoms with E-state index in [2.05, 4.69) is 16.3 Å². The van der Waals surface area contributed by atoms with E-state index < -0.39 is 0 Å². The predicted octanol–water partition coefficient (Wildman–Crippen LogP) is 4.51. The van der Waals surface area contributed by atoms with Crippen molar-refractivity contribution in [2.24, 2.45) is 5.92 Å². The van der Waals surface area contributed by atoms with Gasteiger partial charge in [-0.2, -0.15) is 0 Å². The van der Waals surface area contributed by atoms with Crippen molar-refractivity contribution in [3.05, 3.63) is 59.1 Å². The summed E-state index contributed by atoms with van der Waals surface area (Å²) in [4.78, 5) is 28.8. The number of carbonyl (C=O) groups is 2. The first-order chi connectivity index (χ1) is 15.5. The molecule has 6 nitrogen and oxygen atoms in total. The van der Waals surface area contributed by atoms with Crippen LogP contribution >= 0.6 is 11.6 Å². The molecule has 2 aliphatic rings. The standard InChI is InChI=1S/C25H30ClN3O3/c1-2-32-22-8-9-23(26)19(15-22)14-18-10-12-28(13-11-18)17-20-16-24(30)29(25(31)27-20)21-6-4-3-5-7-21/h3-9,15,18,20H,2,10-14,16-17H2,1H3,(H,27,31). The van der Waals surface area contributed by atoms with Gasteiger partial charge in [-0.1, -0.05) is 29.8 Å². The van der Waals surface area contributed by atoms with Gasteiger partial charge >= 0.3 is 6.03 Å². The van der Waals surface area contributed by atoms with Crippen LogP contribution in [0.4, 0.5) is 10.5 Å². The van der Waals surface area contributed by atoms with Crippen LogP contribution in [0.25, 0.3) is 0 Å². The number of benzene rings is 2. The van der Waals surface area contributed by atoms with Crippen LogP contribution in [0.15, 0.2) is 48.5 Å². The quantitative estimate of drug-likeness (QED) is 0.667. The highest BCUT2D eigenvalue weighted by molar-refractivity contribution is 6.31. The van der Waals surface area contributed by atoms with E-state index >= 15 is 0 Å². The summed E-state index contributed by atoms with van der Waals surface area (Å²) in [6.07, 6.45) is 3.40. The summed E-state index contributed by atoms with van der Waals surface area (Å²) in [5.41, 5.74) is 1.75. The van der Waals surface area contributed by atoms with Crippen molar-refractivity contribution in [2.45, 2.75) is 38.6 Å². The number of urea groups is 1. The highest BCUT2D eigenvalue weighted by Gasteiger charge is 2.34. The molecule has 3 amide bonds. The molecule has 32 heavy (non-hydrogen) atoms. The summed E-state index contributed by atoms with van der Waals surface area (Å²) in [7, 11) is 0. The van der Waals surface area contributed by atoms with Crippen LogP contribution in [0, 0.1) is 5.92 Å². The molecular weight excluding hydrogens is 426 g/mol. The van der Waals surface area contributed by atoms with Gasteiger partial charge in [0, 0.05) is 18.0 Å². The number of likely N-dealkylation sites (tertiary alicyclic amines) is 1. The fraction of sp³-hybridized carbons (Fsp3) is 0.440. The number of halogens is 1. The number of para-hydroxylation sites is 1. The molecule has 2 heterocycles. The highest BCUT2D eigenvalue weighted by Crippen LogP contribution is 2.29. The maximum Gasteiger partial charge on any atom is 0.329 e. The molecule has 2 fully saturated rings. The molecule has 2 saturated heterocycles. The van der Waals surface area contributed by atoms with Crippen LogP contribution in [0.2, 0.25) is 5.02 Å². The largest absolute Gasteiger partial charge is 0.494 e. The number of anilines is 1. The number of imide groups is 1. The van der Waals surface area contributed by atoms with Gasteiger partial charge in [0.15, 0.2) is 0 Å². The van der Waals surface area contributed by atoms with E-state index in [1.54, 1.807) is 12.1 Å². The Hall–Kier alpha value is -2.57. The summed E-state index contributed by atoms with van der Waals surface area (Å²) in [6, 6.07) is 14.5. The van der Waals surface area contributed by atoms with Crippen LogP contribution in [-0.4, -0.2) is 49.1 Å². The molecule has 0 spiro atoms. The number of piperidine rings is 1. The molecule has 0 bridgehead atoms. The Morgan fingerprint density at radius 2 is 1.84 bits per heavy atom. The van der Waals surface area contributed by atoms with E-state index in [4.69, 9.17) is 16.3 Å². The maximum atomic E-state index is 12.6. The molecule has 2 aliphatic heterocycles. The minimum atomic E-state index is -0.337. The lowest BCUT2D eigenvalue weighted by Crippen LogP contribution is -2.58. The molecular formula is C25H30ClN3O3. The van der Waals surface area contributed by atoms with Crippen molar-refractivity contribution in [3.8, 4) is 5.75 Å². The smallest absolute Gasteiger partial charge is 0.329 e. The second-order valence-electron chi connectivity index (χ2n) is 8.55. The van der Waals surface area contributed by atoms with Gasteiger partial charge in [0.1, 0.15) is 5.75 Å². The Bertz CT molecular complexity index is 927. The molecule has 0 aliphatic carbocycles. The second kappa shape index (κ2) is 10.4. The summed E-state index contributed by atoms with van der Waals surface area (Å²) < 4.78 is 5.61. The molecule has 2 aromatic rings. The van der Waals surface area contributed by atoms with Crippen LogP contribution < -0.4 is 15.0 Å². The van der Waals surface area contributed by atoms with Crippen molar-refractivity contribution >= 4 is 29.2 Å². The fourth-order valence-electron chi connectivity index (χ4n) is 4.61. The third-order valence-electron chi connectivity index (χ3n) is 6.24. The van der Waals surface area contributed by atoms with Crippen molar-refractivity contribution in [2.75, 3.05) is 31.1 Å². The zero-order chi connectivity index (χ0) is 22.5. The number of amides is 3. The molecule has 7 heteroatoms. The van der Waals surface area contributed by atoms with Crippen molar-refractivity contribution < 1.29 is 14.3 Å². The summed E-state index contributed by atoms with van der Waals surface area (Å²) in [6.45, 7) is 5.23. The average Bonchev–Trinajstić information content (AvgIpc) is 2.78. The Morgan fingerprint density at radius 1 is 1.09 bits per heavy atom. The normalized spacial score (nSPS) is 20.3. The fourth-order valence-corrected chi connectivity index (χ4v) is 4.81. The van der Waals surface area contributed by atoms with Crippen LogP contribution in [0.1, 0.15) is 31.7 Å². The zero-order valence-electron chi connectivity index (χ0n) is 18.4. The number of ether oxygens (including phenoxy) is 1. The number of hydrogen-bond donors (Lipinski definition) is 1. The summed E-state index contributed by atoms with van der Waals surface area (Å²) >= 11 is 6.41. The Morgan fingerprint density at radius 3 is 2.53 bits per heavy atom. The van der Waals surface area contributed by atoms with E-state index in [1.807, 2.05) is 37.3 Å².